The maximum Gasteiger partial charge on any atom is 0.318 e. The van der Waals surface area contributed by atoms with Crippen LogP contribution in [0.5, 0.6) is 6.01 Å². The maximum absolute atomic E-state index is 14.8. The van der Waals surface area contributed by atoms with Crippen LogP contribution in [0.1, 0.15) is 43.4 Å². The molecule has 43 heavy (non-hydrogen) atoms. The van der Waals surface area contributed by atoms with E-state index in [4.69, 9.17) is 14.7 Å². The zero-order chi connectivity index (χ0) is 30.7. The average molecular weight is 598 g/mol. The van der Waals surface area contributed by atoms with Crippen molar-refractivity contribution in [3.05, 3.63) is 53.5 Å². The predicted octanol–water partition coefficient (Wildman–Crippen LogP) is 4.23. The number of anilines is 2. The van der Waals surface area contributed by atoms with Gasteiger partial charge in [-0.25, -0.2) is 13.2 Å². The molecule has 1 amide bonds. The lowest BCUT2D eigenvalue weighted by Gasteiger charge is -2.43. The van der Waals surface area contributed by atoms with Crippen molar-refractivity contribution in [1.82, 2.24) is 19.8 Å². The van der Waals surface area contributed by atoms with Crippen molar-refractivity contribution in [1.29, 1.82) is 5.26 Å². The monoisotopic (exact) mass is 597 g/mol. The molecule has 1 saturated carbocycles. The molecule has 2 aliphatic heterocycles. The summed E-state index contributed by atoms with van der Waals surface area (Å²) in [6.45, 7) is 5.80. The normalized spacial score (nSPS) is 19.7. The quantitative estimate of drug-likeness (QED) is 0.397. The van der Waals surface area contributed by atoms with Crippen LogP contribution in [0.4, 0.5) is 24.7 Å². The van der Waals surface area contributed by atoms with Crippen LogP contribution in [-0.2, 0) is 17.8 Å². The summed E-state index contributed by atoms with van der Waals surface area (Å²) >= 11 is 0. The van der Waals surface area contributed by atoms with Crippen LogP contribution in [0, 0.1) is 28.4 Å². The van der Waals surface area contributed by atoms with Crippen LogP contribution < -0.4 is 14.5 Å². The topological polar surface area (TPSA) is 88.8 Å². The highest BCUT2D eigenvalue weighted by molar-refractivity contribution is 5.91. The smallest absolute Gasteiger partial charge is 0.318 e. The average Bonchev–Trinajstić information content (AvgIpc) is 3.16. The van der Waals surface area contributed by atoms with E-state index in [-0.39, 0.29) is 43.2 Å². The highest BCUT2D eigenvalue weighted by Crippen LogP contribution is 2.42. The molecule has 0 N–H and O–H groups in total. The number of ether oxygens (including phenoxy) is 1. The molecule has 1 atom stereocenters. The molecule has 0 unspecified atom stereocenters. The number of carbonyl (C=O) groups is 1. The van der Waals surface area contributed by atoms with Crippen molar-refractivity contribution >= 4 is 17.4 Å². The van der Waals surface area contributed by atoms with Crippen LogP contribution in [0.3, 0.4) is 0 Å². The van der Waals surface area contributed by atoms with E-state index in [1.807, 2.05) is 19.0 Å². The number of nitrogens with zero attached hydrogens (tertiary/aromatic N) is 7. The Labute approximate surface area is 250 Å². The third kappa shape index (κ3) is 6.56. The van der Waals surface area contributed by atoms with Gasteiger partial charge in [0.2, 0.25) is 0 Å². The van der Waals surface area contributed by atoms with Crippen LogP contribution in [0.25, 0.3) is 0 Å². The molecule has 0 bridgehead atoms. The van der Waals surface area contributed by atoms with Gasteiger partial charge in [0.05, 0.1) is 37.4 Å². The first-order valence-corrected chi connectivity index (χ1v) is 14.7. The summed E-state index contributed by atoms with van der Waals surface area (Å²) in [5.74, 6) is -2.55. The minimum atomic E-state index is -1.06. The molecule has 1 saturated heterocycles. The highest BCUT2D eigenvalue weighted by atomic mass is 19.1. The van der Waals surface area contributed by atoms with Gasteiger partial charge >= 0.3 is 6.01 Å². The van der Waals surface area contributed by atoms with Gasteiger partial charge in [0, 0.05) is 43.7 Å². The molecule has 230 valence electrons. The fourth-order valence-electron chi connectivity index (χ4n) is 6.56. The van der Waals surface area contributed by atoms with Gasteiger partial charge in [0.25, 0.3) is 5.91 Å². The van der Waals surface area contributed by atoms with E-state index < -0.39 is 29.4 Å². The number of fused-ring (bicyclic) bond motifs is 1. The number of hydrogen-bond acceptors (Lipinski definition) is 8. The standard InChI is InChI=1S/C31H38F3N7O2/c1-21(32)29(42)41-16-15-40(17-22(41)10-13-35)28-23-7-5-14-39(27-24(33)8-4-9-25(27)34)18-26(23)36-30(37-28)43-20-31(11-6-12-31)19-38(2)3/h4,8-9,22H,1,5-7,10-12,14-20H2,2-3H3/t22-/m0/s1. The van der Waals surface area contributed by atoms with Crippen LogP contribution in [0.15, 0.2) is 30.6 Å². The summed E-state index contributed by atoms with van der Waals surface area (Å²) < 4.78 is 49.7. The fraction of sp³-hybridized carbons (Fsp3) is 0.548. The minimum Gasteiger partial charge on any atom is -0.463 e. The molecule has 1 aromatic heterocycles. The number of para-hydroxylation sites is 1. The molecule has 2 aromatic rings. The van der Waals surface area contributed by atoms with Crippen molar-refractivity contribution in [2.45, 2.75) is 51.1 Å². The number of aromatic nitrogens is 2. The van der Waals surface area contributed by atoms with E-state index in [0.717, 1.165) is 31.4 Å². The second-order valence-corrected chi connectivity index (χ2v) is 12.1. The van der Waals surface area contributed by atoms with E-state index >= 15 is 0 Å². The van der Waals surface area contributed by atoms with E-state index in [9.17, 15) is 23.2 Å². The maximum atomic E-state index is 14.8. The van der Waals surface area contributed by atoms with Crippen LogP contribution >= 0.6 is 0 Å². The number of halogens is 3. The first-order valence-electron chi connectivity index (χ1n) is 14.7. The Bertz CT molecular complexity index is 1390. The minimum absolute atomic E-state index is 0.000779. The lowest BCUT2D eigenvalue weighted by molar-refractivity contribution is -0.131. The van der Waals surface area contributed by atoms with Gasteiger partial charge in [-0.2, -0.15) is 15.2 Å². The largest absolute Gasteiger partial charge is 0.463 e. The first kappa shape index (κ1) is 30.6. The molecular formula is C31H38F3N7O2. The van der Waals surface area contributed by atoms with Gasteiger partial charge < -0.3 is 24.3 Å². The number of rotatable bonds is 9. The van der Waals surface area contributed by atoms with Crippen molar-refractivity contribution in [2.75, 3.05) is 63.2 Å². The third-order valence-electron chi connectivity index (χ3n) is 8.68. The second-order valence-electron chi connectivity index (χ2n) is 12.1. The summed E-state index contributed by atoms with van der Waals surface area (Å²) in [6.07, 6.45) is 4.38. The number of nitriles is 1. The van der Waals surface area contributed by atoms with E-state index in [2.05, 4.69) is 17.5 Å². The van der Waals surface area contributed by atoms with Gasteiger partial charge in [-0.15, -0.1) is 0 Å². The lowest BCUT2D eigenvalue weighted by atomic mass is 9.69. The third-order valence-corrected chi connectivity index (χ3v) is 8.68. The van der Waals surface area contributed by atoms with Crippen molar-refractivity contribution < 1.29 is 22.7 Å². The van der Waals surface area contributed by atoms with E-state index in [1.165, 1.54) is 23.1 Å². The summed E-state index contributed by atoms with van der Waals surface area (Å²) in [4.78, 5) is 29.3. The Morgan fingerprint density at radius 1 is 1.16 bits per heavy atom. The van der Waals surface area contributed by atoms with Gasteiger partial charge in [-0.3, -0.25) is 4.79 Å². The number of benzene rings is 1. The Morgan fingerprint density at radius 3 is 2.53 bits per heavy atom. The molecule has 3 aliphatic rings. The van der Waals surface area contributed by atoms with Gasteiger partial charge in [-0.1, -0.05) is 19.1 Å². The van der Waals surface area contributed by atoms with Crippen molar-refractivity contribution in [2.24, 2.45) is 5.41 Å². The molecule has 0 spiro atoms. The summed E-state index contributed by atoms with van der Waals surface area (Å²) in [6, 6.07) is 5.55. The van der Waals surface area contributed by atoms with Crippen molar-refractivity contribution in [3.8, 4) is 12.1 Å². The van der Waals surface area contributed by atoms with E-state index in [1.54, 1.807) is 4.90 Å². The first-order chi connectivity index (χ1) is 20.6. The molecule has 1 aromatic carbocycles. The molecule has 12 heteroatoms. The molecule has 9 nitrogen and oxygen atoms in total. The zero-order valence-corrected chi connectivity index (χ0v) is 24.8. The molecule has 1 aliphatic carbocycles. The van der Waals surface area contributed by atoms with Gasteiger partial charge in [0.1, 0.15) is 23.1 Å². The second kappa shape index (κ2) is 12.8. The molecular weight excluding hydrogens is 559 g/mol. The molecule has 2 fully saturated rings. The Balaban J connectivity index is 1.50. The number of hydrogen-bond donors (Lipinski definition) is 0. The van der Waals surface area contributed by atoms with Crippen molar-refractivity contribution in [3.63, 3.8) is 0 Å². The summed E-state index contributed by atoms with van der Waals surface area (Å²) in [5.41, 5.74) is 1.36. The zero-order valence-electron chi connectivity index (χ0n) is 24.8. The Morgan fingerprint density at radius 2 is 1.91 bits per heavy atom. The van der Waals surface area contributed by atoms with Crippen LogP contribution in [0.2, 0.25) is 0 Å². The number of piperazine rings is 1. The van der Waals surface area contributed by atoms with Gasteiger partial charge in [0.15, 0.2) is 5.83 Å². The number of amides is 1. The summed E-state index contributed by atoms with van der Waals surface area (Å²) in [5, 5.41) is 9.47. The number of carbonyl (C=O) groups excluding carboxylic acids is 1. The Kier molecular flexibility index (Phi) is 9.11. The molecule has 3 heterocycles. The van der Waals surface area contributed by atoms with E-state index in [0.29, 0.717) is 44.0 Å². The summed E-state index contributed by atoms with van der Waals surface area (Å²) in [7, 11) is 4.07. The molecule has 0 radical (unpaired) electrons. The highest BCUT2D eigenvalue weighted by Gasteiger charge is 2.39. The fourth-order valence-corrected chi connectivity index (χ4v) is 6.56. The predicted molar refractivity (Wildman–Crippen MR) is 156 cm³/mol. The SMILES string of the molecule is C=C(F)C(=O)N1CCN(c2nc(OCC3(CN(C)C)CCC3)nc3c2CCCN(c2c(F)cccc2F)C3)C[C@@H]1CC#N. The van der Waals surface area contributed by atoms with Gasteiger partial charge in [-0.05, 0) is 51.9 Å². The molecule has 5 rings (SSSR count). The Hall–Kier alpha value is -3.85. The van der Waals surface area contributed by atoms with Crippen LogP contribution in [-0.4, -0.2) is 85.1 Å². The lowest BCUT2D eigenvalue weighted by Crippen LogP contribution is -2.55.